The average molecular weight is 539 g/mol. The van der Waals surface area contributed by atoms with E-state index in [1.807, 2.05) is 6.07 Å². The van der Waals surface area contributed by atoms with Crippen LogP contribution in [0.25, 0.3) is 10.8 Å². The maximum absolute atomic E-state index is 14.3. The van der Waals surface area contributed by atoms with Crippen LogP contribution in [0.15, 0.2) is 41.3 Å². The Kier molecular flexibility index (Phi) is 6.37. The van der Waals surface area contributed by atoms with Gasteiger partial charge in [-0.15, -0.1) is 0 Å². The van der Waals surface area contributed by atoms with Crippen LogP contribution in [0.4, 0.5) is 39.5 Å². The molecule has 2 aromatic carbocycles. The van der Waals surface area contributed by atoms with Crippen molar-refractivity contribution in [2.75, 3.05) is 11.5 Å². The SMILES string of the molecule is N#Cc1ccc(S2(OS(=O)(=O)C(F)(F)C(F)(F)C(F)(F)C(F)(F)F)CCCC2)c2ccccc12. The number of hydrogen-bond donors (Lipinski definition) is 0. The zero-order valence-corrected chi connectivity index (χ0v) is 18.3. The smallest absolute Gasteiger partial charge is 0.211 e. The van der Waals surface area contributed by atoms with E-state index in [-0.39, 0.29) is 45.6 Å². The van der Waals surface area contributed by atoms with Gasteiger partial charge in [0.2, 0.25) is 0 Å². The molecule has 4 nitrogen and oxygen atoms in total. The average Bonchev–Trinajstić information content (AvgIpc) is 3.20. The topological polar surface area (TPSA) is 67.2 Å². The molecule has 1 saturated heterocycles. The summed E-state index contributed by atoms with van der Waals surface area (Å²) in [7, 11) is -10.4. The van der Waals surface area contributed by atoms with Gasteiger partial charge in [0.05, 0.1) is 11.6 Å². The summed E-state index contributed by atoms with van der Waals surface area (Å²) in [5, 5.41) is 2.76. The van der Waals surface area contributed by atoms with Gasteiger partial charge < -0.3 is 0 Å². The van der Waals surface area contributed by atoms with Crippen LogP contribution in [0.3, 0.4) is 0 Å². The quantitative estimate of drug-likeness (QED) is 0.401. The van der Waals surface area contributed by atoms with Gasteiger partial charge in [0.1, 0.15) is 0 Å². The van der Waals surface area contributed by atoms with Crippen molar-refractivity contribution in [3.05, 3.63) is 42.0 Å². The summed E-state index contributed by atoms with van der Waals surface area (Å²) in [6.07, 6.45) is -6.81. The Bertz CT molecular complexity index is 1250. The van der Waals surface area contributed by atoms with Gasteiger partial charge in [0.15, 0.2) is 0 Å². The third-order valence-electron chi connectivity index (χ3n) is 5.25. The minimum Gasteiger partial charge on any atom is -0.211 e. The van der Waals surface area contributed by atoms with Crippen LogP contribution in [-0.2, 0) is 13.7 Å². The van der Waals surface area contributed by atoms with Crippen LogP contribution in [0.1, 0.15) is 18.4 Å². The van der Waals surface area contributed by atoms with Crippen molar-refractivity contribution in [2.24, 2.45) is 0 Å². The molecule has 1 aliphatic rings. The summed E-state index contributed by atoms with van der Waals surface area (Å²) in [5.74, 6) is -15.3. The van der Waals surface area contributed by atoms with Crippen LogP contribution >= 0.6 is 10.3 Å². The molecule has 34 heavy (non-hydrogen) atoms. The Labute approximate surface area is 188 Å². The van der Waals surface area contributed by atoms with Crippen molar-refractivity contribution < 1.29 is 51.6 Å². The van der Waals surface area contributed by atoms with Crippen LogP contribution < -0.4 is 0 Å². The molecule has 15 heteroatoms. The lowest BCUT2D eigenvalue weighted by Crippen LogP contribution is -2.63. The monoisotopic (exact) mass is 539 g/mol. The molecule has 2 aromatic rings. The van der Waals surface area contributed by atoms with E-state index >= 15 is 0 Å². The van der Waals surface area contributed by atoms with E-state index in [0.29, 0.717) is 0 Å². The lowest BCUT2D eigenvalue weighted by Gasteiger charge is -2.38. The molecule has 0 N–H and O–H groups in total. The number of alkyl halides is 9. The fourth-order valence-electron chi connectivity index (χ4n) is 3.52. The largest absolute Gasteiger partial charge is 0.460 e. The highest BCUT2D eigenvalue weighted by atomic mass is 32.3. The molecule has 0 atom stereocenters. The minimum absolute atomic E-state index is 0.0372. The number of halogens is 9. The number of benzene rings is 2. The predicted octanol–water partition coefficient (Wildman–Crippen LogP) is 6.36. The van der Waals surface area contributed by atoms with Crippen molar-refractivity contribution >= 4 is 31.2 Å². The van der Waals surface area contributed by atoms with Gasteiger partial charge in [-0.05, 0) is 30.4 Å². The van der Waals surface area contributed by atoms with Crippen LogP contribution in [-0.4, -0.2) is 43.2 Å². The standard InChI is InChI=1S/C19H14F9NO3S2/c20-16(21,18(24,25)26)17(22,23)19(27,28)34(30,31)32-33(9-3-4-10-33)15-8-7-12(11-29)13-5-1-2-6-14(13)15/h1-2,5-8H,3-4,9-10H2. The maximum atomic E-state index is 14.3. The van der Waals surface area contributed by atoms with E-state index in [1.54, 1.807) is 0 Å². The molecule has 0 saturated carbocycles. The Morgan fingerprint density at radius 2 is 1.35 bits per heavy atom. The first-order valence-electron chi connectivity index (χ1n) is 9.31. The number of nitriles is 1. The molecule has 3 rings (SSSR count). The first kappa shape index (κ1) is 26.4. The predicted molar refractivity (Wildman–Crippen MR) is 104 cm³/mol. The second-order valence-electron chi connectivity index (χ2n) is 7.38. The molecule has 0 bridgehead atoms. The van der Waals surface area contributed by atoms with Gasteiger partial charge >= 0.3 is 33.4 Å². The van der Waals surface area contributed by atoms with Crippen molar-refractivity contribution in [3.8, 4) is 6.07 Å². The molecule has 1 heterocycles. The number of rotatable bonds is 6. The second-order valence-corrected chi connectivity index (χ2v) is 12.2. The number of hydrogen-bond acceptors (Lipinski definition) is 4. The summed E-state index contributed by atoms with van der Waals surface area (Å²) in [6, 6.07) is 10.1. The maximum Gasteiger partial charge on any atom is 0.460 e. The van der Waals surface area contributed by atoms with Crippen molar-refractivity contribution in [1.29, 1.82) is 5.26 Å². The summed E-state index contributed by atoms with van der Waals surface area (Å²) in [4.78, 5) is -0.0372. The second kappa shape index (κ2) is 8.20. The Hall–Kier alpha value is -2.18. The third-order valence-corrected chi connectivity index (χ3v) is 10.9. The molecular weight excluding hydrogens is 525 g/mol. The molecule has 0 amide bonds. The lowest BCUT2D eigenvalue weighted by molar-refractivity contribution is -0.382. The van der Waals surface area contributed by atoms with Crippen LogP contribution in [0, 0.1) is 11.3 Å². The van der Waals surface area contributed by atoms with Gasteiger partial charge in [-0.25, -0.2) is 3.63 Å². The minimum atomic E-state index is -7.38. The summed E-state index contributed by atoms with van der Waals surface area (Å²) < 4.78 is 149. The van der Waals surface area contributed by atoms with Crippen molar-refractivity contribution in [2.45, 2.75) is 41.0 Å². The highest BCUT2D eigenvalue weighted by Crippen LogP contribution is 2.66. The van der Waals surface area contributed by atoms with E-state index in [4.69, 9.17) is 0 Å². The first-order chi connectivity index (χ1) is 15.5. The Balaban J connectivity index is 2.16. The van der Waals surface area contributed by atoms with Crippen LogP contribution in [0.2, 0.25) is 0 Å². The summed E-state index contributed by atoms with van der Waals surface area (Å²) in [6.45, 7) is 0. The van der Waals surface area contributed by atoms with Gasteiger partial charge in [0.25, 0.3) is 0 Å². The van der Waals surface area contributed by atoms with Crippen molar-refractivity contribution in [3.63, 3.8) is 0 Å². The zero-order chi connectivity index (χ0) is 25.8. The normalized spacial score (nSPS) is 18.6. The molecule has 0 spiro atoms. The summed E-state index contributed by atoms with van der Waals surface area (Å²) in [5.41, 5.74) is 0.108. The van der Waals surface area contributed by atoms with Gasteiger partial charge in [0, 0.05) is 21.8 Å². The molecule has 0 radical (unpaired) electrons. The van der Waals surface area contributed by atoms with Crippen LogP contribution in [0.5, 0.6) is 0 Å². The zero-order valence-electron chi connectivity index (χ0n) is 16.7. The Morgan fingerprint density at radius 1 is 0.824 bits per heavy atom. The van der Waals surface area contributed by atoms with E-state index in [9.17, 15) is 53.2 Å². The van der Waals surface area contributed by atoms with E-state index in [2.05, 4.69) is 3.63 Å². The number of fused-ring (bicyclic) bond motifs is 1. The molecule has 0 aliphatic carbocycles. The van der Waals surface area contributed by atoms with E-state index in [1.165, 1.54) is 36.4 Å². The molecule has 0 unspecified atom stereocenters. The van der Waals surface area contributed by atoms with E-state index in [0.717, 1.165) is 0 Å². The summed E-state index contributed by atoms with van der Waals surface area (Å²) >= 11 is 0. The number of nitrogens with zero attached hydrogens (tertiary/aromatic N) is 1. The van der Waals surface area contributed by atoms with Gasteiger partial charge in [-0.1, -0.05) is 34.6 Å². The molecule has 1 fully saturated rings. The molecule has 0 aromatic heterocycles. The molecule has 188 valence electrons. The highest BCUT2D eigenvalue weighted by molar-refractivity contribution is 8.33. The lowest BCUT2D eigenvalue weighted by atomic mass is 10.1. The Morgan fingerprint density at radius 3 is 1.85 bits per heavy atom. The fraction of sp³-hybridized carbons (Fsp3) is 0.421. The molecular formula is C19H14F9NO3S2. The highest BCUT2D eigenvalue weighted by Gasteiger charge is 2.86. The first-order valence-corrected chi connectivity index (χ1v) is 12.6. The van der Waals surface area contributed by atoms with Gasteiger partial charge in [-0.3, -0.25) is 0 Å². The van der Waals surface area contributed by atoms with E-state index < -0.39 is 43.7 Å². The van der Waals surface area contributed by atoms with Gasteiger partial charge in [-0.2, -0.15) is 53.2 Å². The molecule has 1 aliphatic heterocycles. The van der Waals surface area contributed by atoms with Crippen molar-refractivity contribution in [1.82, 2.24) is 0 Å². The fourth-order valence-corrected chi connectivity index (χ4v) is 9.40. The third kappa shape index (κ3) is 3.79.